The smallest absolute Gasteiger partial charge is 0.319 e. The van der Waals surface area contributed by atoms with Crippen molar-refractivity contribution < 1.29 is 4.79 Å². The molecule has 1 aromatic carbocycles. The Morgan fingerprint density at radius 1 is 1.21 bits per heavy atom. The Morgan fingerprint density at radius 2 is 1.88 bits per heavy atom. The maximum absolute atomic E-state index is 11.8. The number of hydrogen-bond acceptors (Lipinski definition) is 2. The molecule has 0 heterocycles. The third-order valence-electron chi connectivity index (χ3n) is 5.06. The summed E-state index contributed by atoms with van der Waals surface area (Å²) in [5.41, 5.74) is 7.62. The second kappa shape index (κ2) is 9.07. The van der Waals surface area contributed by atoms with Gasteiger partial charge in [0, 0.05) is 18.6 Å². The second-order valence-corrected chi connectivity index (χ2v) is 7.45. The number of benzene rings is 1. The van der Waals surface area contributed by atoms with Gasteiger partial charge in [0.1, 0.15) is 0 Å². The summed E-state index contributed by atoms with van der Waals surface area (Å²) in [6.07, 6.45) is 8.19. The molecule has 1 saturated carbocycles. The van der Waals surface area contributed by atoms with Crippen LogP contribution in [0.25, 0.3) is 0 Å². The molecule has 2 rings (SSSR count). The van der Waals surface area contributed by atoms with Gasteiger partial charge in [-0.25, -0.2) is 4.79 Å². The van der Waals surface area contributed by atoms with E-state index in [1.54, 1.807) is 4.90 Å². The fourth-order valence-electron chi connectivity index (χ4n) is 3.84. The lowest BCUT2D eigenvalue weighted by Crippen LogP contribution is -2.41. The number of hydrogen-bond donors (Lipinski definition) is 2. The lowest BCUT2D eigenvalue weighted by atomic mass is 9.85. The van der Waals surface area contributed by atoms with Gasteiger partial charge in [0.25, 0.3) is 0 Å². The van der Waals surface area contributed by atoms with Crippen molar-refractivity contribution in [3.63, 3.8) is 0 Å². The zero-order valence-electron chi connectivity index (χ0n) is 15.4. The second-order valence-electron chi connectivity index (χ2n) is 7.45. The largest absolute Gasteiger partial charge is 0.351 e. The molecule has 1 unspecified atom stereocenters. The summed E-state index contributed by atoms with van der Waals surface area (Å²) >= 11 is 0. The Labute approximate surface area is 146 Å². The molecule has 0 radical (unpaired) electrons. The molecule has 3 N–H and O–H groups in total. The summed E-state index contributed by atoms with van der Waals surface area (Å²) in [5.74, 6) is 0.870. The van der Waals surface area contributed by atoms with E-state index >= 15 is 0 Å². The Bertz CT molecular complexity index is 523. The predicted molar refractivity (Wildman–Crippen MR) is 101 cm³/mol. The van der Waals surface area contributed by atoms with Gasteiger partial charge in [-0.1, -0.05) is 50.3 Å². The number of primary amides is 1. The number of nitrogens with two attached hydrogens (primary N) is 1. The number of rotatable bonds is 7. The molecule has 1 aromatic rings. The summed E-state index contributed by atoms with van der Waals surface area (Å²) in [6.45, 7) is 7.01. The Balaban J connectivity index is 1.98. The number of amides is 2. The highest BCUT2D eigenvalue weighted by Crippen LogP contribution is 2.28. The number of carbonyl (C=O) groups is 1. The molecule has 1 atom stereocenters. The van der Waals surface area contributed by atoms with Crippen molar-refractivity contribution in [2.24, 2.45) is 11.7 Å². The van der Waals surface area contributed by atoms with Gasteiger partial charge >= 0.3 is 6.03 Å². The molecular formula is C20H33N3O. The van der Waals surface area contributed by atoms with Crippen molar-refractivity contribution in [3.8, 4) is 0 Å². The monoisotopic (exact) mass is 331 g/mol. The fourth-order valence-corrected chi connectivity index (χ4v) is 3.84. The van der Waals surface area contributed by atoms with Gasteiger partial charge in [0.05, 0.1) is 5.69 Å². The van der Waals surface area contributed by atoms with Crippen molar-refractivity contribution >= 4 is 11.7 Å². The third-order valence-corrected chi connectivity index (χ3v) is 5.06. The maximum atomic E-state index is 11.8. The molecule has 24 heavy (non-hydrogen) atoms. The van der Waals surface area contributed by atoms with Crippen LogP contribution >= 0.6 is 0 Å². The fraction of sp³-hybridized carbons (Fsp3) is 0.650. The highest BCUT2D eigenvalue weighted by atomic mass is 16.2. The Kier molecular flexibility index (Phi) is 7.10. The van der Waals surface area contributed by atoms with Crippen LogP contribution in [0.4, 0.5) is 10.5 Å². The van der Waals surface area contributed by atoms with E-state index in [4.69, 9.17) is 5.73 Å². The molecule has 0 aliphatic heterocycles. The third kappa shape index (κ3) is 5.23. The van der Waals surface area contributed by atoms with Crippen LogP contribution in [-0.4, -0.2) is 18.1 Å². The molecule has 2 amide bonds. The lowest BCUT2D eigenvalue weighted by Gasteiger charge is -2.28. The van der Waals surface area contributed by atoms with E-state index < -0.39 is 6.03 Å². The number of urea groups is 1. The van der Waals surface area contributed by atoms with Gasteiger partial charge in [-0.2, -0.15) is 0 Å². The van der Waals surface area contributed by atoms with E-state index in [1.165, 1.54) is 38.5 Å². The summed E-state index contributed by atoms with van der Waals surface area (Å²) < 4.78 is 0. The maximum Gasteiger partial charge on any atom is 0.319 e. The van der Waals surface area contributed by atoms with E-state index in [-0.39, 0.29) is 6.04 Å². The first-order valence-electron chi connectivity index (χ1n) is 9.39. The zero-order chi connectivity index (χ0) is 17.5. The van der Waals surface area contributed by atoms with Crippen molar-refractivity contribution in [3.05, 3.63) is 29.8 Å². The average Bonchev–Trinajstić information content (AvgIpc) is 2.54. The number of nitrogens with one attached hydrogen (secondary N) is 1. The van der Waals surface area contributed by atoms with Crippen molar-refractivity contribution in [2.45, 2.75) is 77.9 Å². The Hall–Kier alpha value is -1.55. The summed E-state index contributed by atoms with van der Waals surface area (Å²) in [6, 6.07) is 8.17. The lowest BCUT2D eigenvalue weighted by molar-refractivity contribution is 0.252. The van der Waals surface area contributed by atoms with Crippen molar-refractivity contribution in [1.82, 2.24) is 5.32 Å². The van der Waals surface area contributed by atoms with Crippen LogP contribution in [-0.2, 0) is 6.54 Å². The van der Waals surface area contributed by atoms with E-state index in [0.717, 1.165) is 23.7 Å². The van der Waals surface area contributed by atoms with Gasteiger partial charge in [-0.05, 0) is 44.7 Å². The van der Waals surface area contributed by atoms with E-state index in [2.05, 4.69) is 18.3 Å². The quantitative estimate of drug-likeness (QED) is 0.776. The zero-order valence-corrected chi connectivity index (χ0v) is 15.4. The van der Waals surface area contributed by atoms with Crippen LogP contribution < -0.4 is 16.0 Å². The van der Waals surface area contributed by atoms with Gasteiger partial charge in [-0.15, -0.1) is 0 Å². The molecule has 134 valence electrons. The van der Waals surface area contributed by atoms with Crippen LogP contribution in [0.2, 0.25) is 0 Å². The van der Waals surface area contributed by atoms with E-state index in [1.807, 2.05) is 32.0 Å². The summed E-state index contributed by atoms with van der Waals surface area (Å²) in [4.78, 5) is 13.5. The first kappa shape index (κ1) is 18.8. The highest BCUT2D eigenvalue weighted by molar-refractivity contribution is 5.92. The Morgan fingerprint density at radius 3 is 2.50 bits per heavy atom. The summed E-state index contributed by atoms with van der Waals surface area (Å²) in [5, 5.41) is 3.64. The molecule has 1 aliphatic carbocycles. The molecular weight excluding hydrogens is 298 g/mol. The minimum absolute atomic E-state index is 0.0447. The van der Waals surface area contributed by atoms with Crippen LogP contribution in [0, 0.1) is 5.92 Å². The molecule has 0 bridgehead atoms. The topological polar surface area (TPSA) is 58.4 Å². The summed E-state index contributed by atoms with van der Waals surface area (Å²) in [7, 11) is 0. The molecule has 4 nitrogen and oxygen atoms in total. The van der Waals surface area contributed by atoms with E-state index in [9.17, 15) is 4.79 Å². The average molecular weight is 332 g/mol. The minimum atomic E-state index is -0.396. The normalized spacial score (nSPS) is 17.0. The first-order valence-corrected chi connectivity index (χ1v) is 9.39. The molecule has 0 saturated heterocycles. The van der Waals surface area contributed by atoms with Crippen LogP contribution in [0.5, 0.6) is 0 Å². The standard InChI is InChI=1S/C20H33N3O/c1-15(2)23(20(21)24)19-12-8-7-11-18(19)14-22-16(3)13-17-9-5-4-6-10-17/h7-8,11-12,15-17,22H,4-6,9-10,13-14H2,1-3H3,(H2,21,24). The minimum Gasteiger partial charge on any atom is -0.351 e. The predicted octanol–water partition coefficient (Wildman–Crippen LogP) is 4.43. The SMILES string of the molecule is CC(CC1CCCCC1)NCc1ccccc1N(C(N)=O)C(C)C. The molecule has 0 spiro atoms. The first-order chi connectivity index (χ1) is 11.5. The number of nitrogens with zero attached hydrogens (tertiary/aromatic N) is 1. The number of anilines is 1. The van der Waals surface area contributed by atoms with Gasteiger partial charge in [0.15, 0.2) is 0 Å². The van der Waals surface area contributed by atoms with Crippen molar-refractivity contribution in [2.75, 3.05) is 4.90 Å². The molecule has 1 fully saturated rings. The van der Waals surface area contributed by atoms with Crippen LogP contribution in [0.15, 0.2) is 24.3 Å². The van der Waals surface area contributed by atoms with E-state index in [0.29, 0.717) is 6.04 Å². The molecule has 4 heteroatoms. The van der Waals surface area contributed by atoms with Crippen LogP contribution in [0.3, 0.4) is 0 Å². The van der Waals surface area contributed by atoms with Crippen molar-refractivity contribution in [1.29, 1.82) is 0 Å². The molecule has 1 aliphatic rings. The molecule has 0 aromatic heterocycles. The number of para-hydroxylation sites is 1. The van der Waals surface area contributed by atoms with Gasteiger partial charge in [-0.3, -0.25) is 4.90 Å². The highest BCUT2D eigenvalue weighted by Gasteiger charge is 2.20. The van der Waals surface area contributed by atoms with Gasteiger partial charge in [0.2, 0.25) is 0 Å². The van der Waals surface area contributed by atoms with Gasteiger partial charge < -0.3 is 11.1 Å². The number of carbonyl (C=O) groups excluding carboxylic acids is 1. The van der Waals surface area contributed by atoms with Crippen LogP contribution in [0.1, 0.15) is 64.9 Å².